The molecular formula is C18H15N5OS. The van der Waals surface area contributed by atoms with Gasteiger partial charge in [-0.25, -0.2) is 9.67 Å². The van der Waals surface area contributed by atoms with Gasteiger partial charge in [0.1, 0.15) is 5.39 Å². The Labute approximate surface area is 148 Å². The Bertz CT molecular complexity index is 1040. The number of hydrogen-bond acceptors (Lipinski definition) is 5. The molecule has 0 bridgehead atoms. The van der Waals surface area contributed by atoms with E-state index in [0.29, 0.717) is 28.5 Å². The van der Waals surface area contributed by atoms with Crippen LogP contribution in [0.4, 0.5) is 0 Å². The average Bonchev–Trinajstić information content (AvgIpc) is 3.05. The molecule has 4 aromatic rings. The van der Waals surface area contributed by atoms with E-state index in [0.717, 1.165) is 11.3 Å². The highest BCUT2D eigenvalue weighted by Gasteiger charge is 2.11. The van der Waals surface area contributed by atoms with Gasteiger partial charge in [0.25, 0.3) is 5.56 Å². The van der Waals surface area contributed by atoms with E-state index in [1.54, 1.807) is 17.1 Å². The molecule has 3 heterocycles. The smallest absolute Gasteiger partial charge is 0.262 e. The molecule has 0 fully saturated rings. The van der Waals surface area contributed by atoms with E-state index >= 15 is 0 Å². The van der Waals surface area contributed by atoms with Crippen molar-refractivity contribution in [2.45, 2.75) is 17.5 Å². The number of nitrogens with zero attached hydrogens (tertiary/aromatic N) is 4. The maximum atomic E-state index is 12.3. The normalized spacial score (nSPS) is 11.0. The van der Waals surface area contributed by atoms with Crippen LogP contribution >= 0.6 is 11.8 Å². The van der Waals surface area contributed by atoms with Gasteiger partial charge < -0.3 is 4.98 Å². The van der Waals surface area contributed by atoms with Crippen LogP contribution in [0.3, 0.4) is 0 Å². The van der Waals surface area contributed by atoms with Gasteiger partial charge in [-0.3, -0.25) is 9.78 Å². The minimum atomic E-state index is -0.173. The summed E-state index contributed by atoms with van der Waals surface area (Å²) in [6.45, 7) is 0.575. The molecule has 7 heteroatoms. The van der Waals surface area contributed by atoms with Gasteiger partial charge >= 0.3 is 0 Å². The van der Waals surface area contributed by atoms with Crippen molar-refractivity contribution in [1.82, 2.24) is 24.7 Å². The van der Waals surface area contributed by atoms with Crippen LogP contribution in [0.25, 0.3) is 11.0 Å². The molecule has 6 nitrogen and oxygen atoms in total. The second-order valence-electron chi connectivity index (χ2n) is 5.51. The molecule has 0 radical (unpaired) electrons. The molecule has 0 saturated heterocycles. The number of pyridine rings is 1. The lowest BCUT2D eigenvalue weighted by Gasteiger charge is -2.05. The molecule has 0 amide bonds. The topological polar surface area (TPSA) is 76.5 Å². The first-order valence-electron chi connectivity index (χ1n) is 7.82. The largest absolute Gasteiger partial charge is 0.301 e. The predicted octanol–water partition coefficient (Wildman–Crippen LogP) is 2.86. The highest BCUT2D eigenvalue weighted by Crippen LogP contribution is 2.19. The number of aromatic nitrogens is 5. The number of hydrogen-bond donors (Lipinski definition) is 1. The molecule has 0 spiro atoms. The monoisotopic (exact) mass is 349 g/mol. The zero-order valence-corrected chi connectivity index (χ0v) is 14.1. The molecule has 0 aliphatic carbocycles. The summed E-state index contributed by atoms with van der Waals surface area (Å²) in [5, 5.41) is 5.39. The van der Waals surface area contributed by atoms with Crippen LogP contribution in [-0.2, 0) is 12.3 Å². The Balaban J connectivity index is 1.63. The third-order valence-electron chi connectivity index (χ3n) is 3.74. The highest BCUT2D eigenvalue weighted by atomic mass is 32.2. The van der Waals surface area contributed by atoms with Crippen LogP contribution in [0.2, 0.25) is 0 Å². The lowest BCUT2D eigenvalue weighted by atomic mass is 10.2. The lowest BCUT2D eigenvalue weighted by Crippen LogP contribution is -2.10. The Morgan fingerprint density at radius 2 is 1.92 bits per heavy atom. The summed E-state index contributed by atoms with van der Waals surface area (Å²) in [5.74, 6) is 0.641. The zero-order chi connectivity index (χ0) is 17.1. The quantitative estimate of drug-likeness (QED) is 0.443. The van der Waals surface area contributed by atoms with Crippen molar-refractivity contribution in [3.05, 3.63) is 82.5 Å². The Morgan fingerprint density at radius 1 is 1.08 bits per heavy atom. The zero-order valence-electron chi connectivity index (χ0n) is 13.3. The summed E-state index contributed by atoms with van der Waals surface area (Å²) < 4.78 is 1.75. The standard InChI is InChI=1S/C18H15N5OS/c24-17-15-10-20-23(11-13-6-2-1-3-7-13)16(15)21-18(22-17)25-12-14-8-4-5-9-19-14/h1-10H,11-12H2,(H,21,22,24). The molecular weight excluding hydrogens is 334 g/mol. The maximum absolute atomic E-state index is 12.3. The van der Waals surface area contributed by atoms with Crippen molar-refractivity contribution >= 4 is 22.8 Å². The predicted molar refractivity (Wildman–Crippen MR) is 97.5 cm³/mol. The van der Waals surface area contributed by atoms with Gasteiger partial charge in [0, 0.05) is 11.9 Å². The van der Waals surface area contributed by atoms with E-state index in [-0.39, 0.29) is 5.56 Å². The summed E-state index contributed by atoms with van der Waals surface area (Å²) in [7, 11) is 0. The summed E-state index contributed by atoms with van der Waals surface area (Å²) in [5.41, 5.74) is 2.47. The van der Waals surface area contributed by atoms with E-state index in [4.69, 9.17) is 0 Å². The molecule has 0 atom stereocenters. The van der Waals surface area contributed by atoms with Crippen molar-refractivity contribution in [3.63, 3.8) is 0 Å². The van der Waals surface area contributed by atoms with Crippen molar-refractivity contribution in [2.24, 2.45) is 0 Å². The Kier molecular flexibility index (Phi) is 4.30. The minimum absolute atomic E-state index is 0.173. The first-order valence-corrected chi connectivity index (χ1v) is 8.80. The molecule has 0 aliphatic rings. The number of H-pyrrole nitrogens is 1. The van der Waals surface area contributed by atoms with Crippen LogP contribution in [0.5, 0.6) is 0 Å². The fraction of sp³-hybridized carbons (Fsp3) is 0.111. The van der Waals surface area contributed by atoms with Crippen LogP contribution in [-0.4, -0.2) is 24.7 Å². The average molecular weight is 349 g/mol. The van der Waals surface area contributed by atoms with E-state index in [2.05, 4.69) is 20.1 Å². The molecule has 0 aliphatic heterocycles. The first kappa shape index (κ1) is 15.6. The van der Waals surface area contributed by atoms with Gasteiger partial charge in [0.2, 0.25) is 0 Å². The summed E-state index contributed by atoms with van der Waals surface area (Å²) in [4.78, 5) is 24.0. The van der Waals surface area contributed by atoms with Crippen LogP contribution in [0.1, 0.15) is 11.3 Å². The van der Waals surface area contributed by atoms with Gasteiger partial charge in [0.05, 0.1) is 18.4 Å². The third kappa shape index (κ3) is 3.46. The second kappa shape index (κ2) is 6.90. The third-order valence-corrected chi connectivity index (χ3v) is 4.65. The Hall–Kier alpha value is -2.93. The van der Waals surface area contributed by atoms with Crippen molar-refractivity contribution in [1.29, 1.82) is 0 Å². The van der Waals surface area contributed by atoms with Gasteiger partial charge in [-0.2, -0.15) is 5.10 Å². The fourth-order valence-electron chi connectivity index (χ4n) is 2.51. The van der Waals surface area contributed by atoms with Gasteiger partial charge in [-0.05, 0) is 17.7 Å². The molecule has 0 saturated carbocycles. The first-order chi connectivity index (χ1) is 12.3. The molecule has 25 heavy (non-hydrogen) atoms. The fourth-order valence-corrected chi connectivity index (χ4v) is 3.28. The van der Waals surface area contributed by atoms with Crippen LogP contribution < -0.4 is 5.56 Å². The van der Waals surface area contributed by atoms with Crippen LogP contribution in [0, 0.1) is 0 Å². The molecule has 4 rings (SSSR count). The summed E-state index contributed by atoms with van der Waals surface area (Å²) in [6.07, 6.45) is 3.32. The van der Waals surface area contributed by atoms with E-state index in [1.807, 2.05) is 48.5 Å². The number of thioether (sulfide) groups is 1. The van der Waals surface area contributed by atoms with Crippen molar-refractivity contribution in [2.75, 3.05) is 0 Å². The second-order valence-corrected chi connectivity index (χ2v) is 6.47. The number of rotatable bonds is 5. The van der Waals surface area contributed by atoms with Gasteiger partial charge in [0.15, 0.2) is 10.8 Å². The SMILES string of the molecule is O=c1[nH]c(SCc2ccccn2)nc2c1cnn2Cc1ccccc1. The maximum Gasteiger partial charge on any atom is 0.262 e. The van der Waals surface area contributed by atoms with E-state index < -0.39 is 0 Å². The van der Waals surface area contributed by atoms with Crippen molar-refractivity contribution in [3.8, 4) is 0 Å². The Morgan fingerprint density at radius 3 is 2.72 bits per heavy atom. The molecule has 1 aromatic carbocycles. The van der Waals surface area contributed by atoms with E-state index in [1.165, 1.54) is 11.8 Å². The molecule has 3 aromatic heterocycles. The molecule has 124 valence electrons. The van der Waals surface area contributed by atoms with Crippen molar-refractivity contribution < 1.29 is 0 Å². The van der Waals surface area contributed by atoms with Gasteiger partial charge in [-0.15, -0.1) is 0 Å². The number of aromatic amines is 1. The van der Waals surface area contributed by atoms with E-state index in [9.17, 15) is 4.79 Å². The lowest BCUT2D eigenvalue weighted by molar-refractivity contribution is 0.699. The molecule has 0 unspecified atom stereocenters. The van der Waals surface area contributed by atoms with Gasteiger partial charge in [-0.1, -0.05) is 48.2 Å². The van der Waals surface area contributed by atoms with Crippen LogP contribution in [0.15, 0.2) is 70.9 Å². The summed E-state index contributed by atoms with van der Waals surface area (Å²) in [6, 6.07) is 15.8. The number of fused-ring (bicyclic) bond motifs is 1. The number of nitrogens with one attached hydrogen (secondary N) is 1. The molecule has 1 N–H and O–H groups in total. The highest BCUT2D eigenvalue weighted by molar-refractivity contribution is 7.98. The summed E-state index contributed by atoms with van der Waals surface area (Å²) >= 11 is 1.45. The number of benzene rings is 1. The minimum Gasteiger partial charge on any atom is -0.301 e.